The molecule has 3 aromatic rings. The number of nitrogens with one attached hydrogen (secondary N) is 1. The Balaban J connectivity index is 1.36. The molecule has 2 heteroatoms. The Kier molecular flexibility index (Phi) is 6.86. The summed E-state index contributed by atoms with van der Waals surface area (Å²) in [6.07, 6.45) is 18.0. The largest absolute Gasteiger partial charge is 0.388 e. The normalized spacial score (nSPS) is 19.6. The molecular weight excluding hydrogens is 460 g/mol. The summed E-state index contributed by atoms with van der Waals surface area (Å²) in [6, 6.07) is 17.8. The van der Waals surface area contributed by atoms with Crippen LogP contribution in [0.3, 0.4) is 0 Å². The van der Waals surface area contributed by atoms with E-state index < -0.39 is 0 Å². The number of nitrogens with zero attached hydrogens (tertiary/aromatic N) is 1. The average Bonchev–Trinajstić information content (AvgIpc) is 3.10. The summed E-state index contributed by atoms with van der Waals surface area (Å²) < 4.78 is 0. The highest BCUT2D eigenvalue weighted by molar-refractivity contribution is 5.91. The lowest BCUT2D eigenvalue weighted by molar-refractivity contribution is 0.540. The molecule has 196 valence electrons. The number of fused-ring (bicyclic) bond motifs is 4. The van der Waals surface area contributed by atoms with Gasteiger partial charge in [0.2, 0.25) is 0 Å². The van der Waals surface area contributed by atoms with E-state index in [4.69, 9.17) is 0 Å². The lowest BCUT2D eigenvalue weighted by Gasteiger charge is -2.28. The number of benzene rings is 3. The molecule has 0 fully saturated rings. The number of allylic oxidation sites excluding steroid dienone is 7. The highest BCUT2D eigenvalue weighted by Gasteiger charge is 2.41. The predicted molar refractivity (Wildman–Crippen MR) is 167 cm³/mol. The Morgan fingerprint density at radius 3 is 2.61 bits per heavy atom. The van der Waals surface area contributed by atoms with Crippen molar-refractivity contribution in [1.29, 1.82) is 0 Å². The highest BCUT2D eigenvalue weighted by atomic mass is 15.2. The van der Waals surface area contributed by atoms with Crippen molar-refractivity contribution in [1.82, 2.24) is 0 Å². The van der Waals surface area contributed by atoms with Gasteiger partial charge in [-0.1, -0.05) is 107 Å². The Morgan fingerprint density at radius 2 is 1.82 bits per heavy atom. The molecule has 1 heterocycles. The van der Waals surface area contributed by atoms with Crippen molar-refractivity contribution >= 4 is 28.2 Å². The molecule has 0 bridgehead atoms. The molecule has 0 radical (unpaired) electrons. The maximum absolute atomic E-state index is 3.42. The van der Waals surface area contributed by atoms with Gasteiger partial charge in [0.1, 0.15) is 0 Å². The molecule has 1 aliphatic carbocycles. The van der Waals surface area contributed by atoms with Crippen molar-refractivity contribution in [2.45, 2.75) is 64.2 Å². The lowest BCUT2D eigenvalue weighted by atomic mass is 9.76. The van der Waals surface area contributed by atoms with Crippen molar-refractivity contribution in [3.8, 4) is 0 Å². The van der Waals surface area contributed by atoms with E-state index in [0.29, 0.717) is 5.92 Å². The van der Waals surface area contributed by atoms with E-state index in [9.17, 15) is 0 Å². The minimum absolute atomic E-state index is 0.00105. The number of anilines is 2. The first-order valence-corrected chi connectivity index (χ1v) is 14.0. The van der Waals surface area contributed by atoms with Crippen molar-refractivity contribution < 1.29 is 0 Å². The molecule has 0 aromatic heterocycles. The van der Waals surface area contributed by atoms with Crippen LogP contribution in [0.1, 0.15) is 75.6 Å². The van der Waals surface area contributed by atoms with E-state index in [1.807, 2.05) is 7.05 Å². The first-order chi connectivity index (χ1) is 18.2. The second-order valence-electron chi connectivity index (χ2n) is 12.1. The van der Waals surface area contributed by atoms with E-state index >= 15 is 0 Å². The predicted octanol–water partition coefficient (Wildman–Crippen LogP) is 9.49. The molecule has 0 spiro atoms. The maximum Gasteiger partial charge on any atom is 0.0454 e. The number of hydrogen-bond acceptors (Lipinski definition) is 2. The first-order valence-electron chi connectivity index (χ1n) is 14.0. The molecular formula is C36H42N2. The van der Waals surface area contributed by atoms with Crippen LogP contribution in [-0.4, -0.2) is 14.1 Å². The summed E-state index contributed by atoms with van der Waals surface area (Å²) in [5, 5.41) is 6.04. The van der Waals surface area contributed by atoms with Gasteiger partial charge in [-0.3, -0.25) is 0 Å². The molecule has 0 saturated carbocycles. The fourth-order valence-electron chi connectivity index (χ4n) is 6.65. The van der Waals surface area contributed by atoms with E-state index in [1.54, 1.807) is 0 Å². The van der Waals surface area contributed by atoms with Crippen LogP contribution in [0.25, 0.3) is 16.8 Å². The van der Waals surface area contributed by atoms with Gasteiger partial charge in [0.15, 0.2) is 0 Å². The van der Waals surface area contributed by atoms with Gasteiger partial charge in [-0.15, -0.1) is 0 Å². The third-order valence-corrected chi connectivity index (χ3v) is 8.67. The summed E-state index contributed by atoms with van der Waals surface area (Å²) in [6.45, 7) is 11.8. The Hall–Kier alpha value is -3.52. The van der Waals surface area contributed by atoms with Gasteiger partial charge in [-0.2, -0.15) is 0 Å². The van der Waals surface area contributed by atoms with Crippen LogP contribution in [0.4, 0.5) is 11.4 Å². The molecule has 0 amide bonds. The van der Waals surface area contributed by atoms with Crippen LogP contribution in [-0.2, 0) is 10.8 Å². The molecule has 0 saturated heterocycles. The molecule has 1 unspecified atom stereocenters. The van der Waals surface area contributed by atoms with E-state index in [2.05, 4.69) is 143 Å². The van der Waals surface area contributed by atoms with Crippen LogP contribution in [0.2, 0.25) is 0 Å². The molecule has 5 rings (SSSR count). The molecule has 3 aromatic carbocycles. The lowest BCUT2D eigenvalue weighted by Crippen LogP contribution is -2.23. The number of hydrogen-bond donors (Lipinski definition) is 1. The van der Waals surface area contributed by atoms with Gasteiger partial charge in [0.25, 0.3) is 0 Å². The average molecular weight is 503 g/mol. The van der Waals surface area contributed by atoms with Gasteiger partial charge in [-0.25, -0.2) is 0 Å². The molecule has 1 atom stereocenters. The second-order valence-corrected chi connectivity index (χ2v) is 12.1. The first kappa shape index (κ1) is 26.1. The summed E-state index contributed by atoms with van der Waals surface area (Å²) in [5.41, 5.74) is 9.61. The maximum atomic E-state index is 3.42. The molecule has 2 aliphatic rings. The fourth-order valence-corrected chi connectivity index (χ4v) is 6.65. The SMILES string of the molecule is CNc1ccc2ccccc2c1C(C)(C)C/C=C/C=C/C=C1/N(C)c2ccc3c(c2C1(C)C)C=CCC3C. The molecule has 38 heavy (non-hydrogen) atoms. The van der Waals surface area contributed by atoms with Crippen molar-refractivity contribution in [3.05, 3.63) is 113 Å². The standard InChI is InChI=1S/C36H42N2/c1-25-15-14-18-29-27(25)21-23-31-34(29)36(4,5)32(38(31)7)19-10-8-9-13-24-35(2,3)33-28-17-12-11-16-26(28)20-22-30(33)37-6/h8-14,16-23,25,37H,15,24H2,1-7H3/b10-8+,13-9+,32-19+. The Bertz CT molecular complexity index is 1480. The smallest absolute Gasteiger partial charge is 0.0454 e. The van der Waals surface area contributed by atoms with Gasteiger partial charge >= 0.3 is 0 Å². The van der Waals surface area contributed by atoms with Crippen molar-refractivity contribution in [2.75, 3.05) is 24.3 Å². The fraction of sp³-hybridized carbons (Fsp3) is 0.333. The number of rotatable bonds is 6. The van der Waals surface area contributed by atoms with E-state index in [0.717, 1.165) is 12.8 Å². The third kappa shape index (κ3) is 4.41. The van der Waals surface area contributed by atoms with E-state index in [-0.39, 0.29) is 10.8 Å². The quantitative estimate of drug-likeness (QED) is 0.338. The van der Waals surface area contributed by atoms with Gasteiger partial charge < -0.3 is 10.2 Å². The third-order valence-electron chi connectivity index (χ3n) is 8.67. The van der Waals surface area contributed by atoms with Crippen LogP contribution in [0, 0.1) is 0 Å². The Labute approximate surface area is 229 Å². The molecule has 2 nitrogen and oxygen atoms in total. The summed E-state index contributed by atoms with van der Waals surface area (Å²) in [7, 11) is 4.22. The van der Waals surface area contributed by atoms with Crippen molar-refractivity contribution in [2.24, 2.45) is 0 Å². The van der Waals surface area contributed by atoms with Crippen LogP contribution >= 0.6 is 0 Å². The van der Waals surface area contributed by atoms with Crippen LogP contribution < -0.4 is 10.2 Å². The minimum Gasteiger partial charge on any atom is -0.388 e. The summed E-state index contributed by atoms with van der Waals surface area (Å²) in [4.78, 5) is 2.37. The number of likely N-dealkylation sites (N-methyl/N-ethyl adjacent to an activating group) is 1. The second kappa shape index (κ2) is 9.98. The van der Waals surface area contributed by atoms with Gasteiger partial charge in [0.05, 0.1) is 0 Å². The molecule has 1 N–H and O–H groups in total. The van der Waals surface area contributed by atoms with Gasteiger partial charge in [-0.05, 0) is 75.4 Å². The molecule has 1 aliphatic heterocycles. The minimum atomic E-state index is -0.0369. The van der Waals surface area contributed by atoms with Crippen LogP contribution in [0.5, 0.6) is 0 Å². The zero-order valence-corrected chi connectivity index (χ0v) is 24.1. The Morgan fingerprint density at radius 1 is 1.03 bits per heavy atom. The van der Waals surface area contributed by atoms with Gasteiger partial charge in [0, 0.05) is 36.6 Å². The zero-order chi connectivity index (χ0) is 27.1. The summed E-state index contributed by atoms with van der Waals surface area (Å²) >= 11 is 0. The summed E-state index contributed by atoms with van der Waals surface area (Å²) in [5.74, 6) is 0.585. The van der Waals surface area contributed by atoms with Crippen molar-refractivity contribution in [3.63, 3.8) is 0 Å². The zero-order valence-electron chi connectivity index (χ0n) is 24.1. The highest BCUT2D eigenvalue weighted by Crippen LogP contribution is 2.51. The van der Waals surface area contributed by atoms with E-state index in [1.165, 1.54) is 50.1 Å². The topological polar surface area (TPSA) is 15.3 Å². The monoisotopic (exact) mass is 502 g/mol. The van der Waals surface area contributed by atoms with Crippen LogP contribution in [0.15, 0.2) is 90.7 Å².